The molecule has 0 N–H and O–H groups in total. The minimum absolute atomic E-state index is 0.633. The number of aromatic nitrogens is 4. The van der Waals surface area contributed by atoms with Gasteiger partial charge >= 0.3 is 0 Å². The first kappa shape index (κ1) is 35.1. The fourth-order valence-corrected chi connectivity index (χ4v) is 8.16. The van der Waals surface area contributed by atoms with Gasteiger partial charge in [-0.05, 0) is 73.8 Å². The van der Waals surface area contributed by atoms with E-state index in [0.29, 0.717) is 17.5 Å². The van der Waals surface area contributed by atoms with E-state index in [0.717, 1.165) is 66.7 Å². The highest BCUT2D eigenvalue weighted by molar-refractivity contribution is 6.15. The smallest absolute Gasteiger partial charge is 0.164 e. The first-order chi connectivity index (χ1) is 29.7. The summed E-state index contributed by atoms with van der Waals surface area (Å²) in [4.78, 5) is 20.1. The molecule has 0 spiro atoms. The summed E-state index contributed by atoms with van der Waals surface area (Å²) in [5, 5.41) is 6.00. The second-order valence-corrected chi connectivity index (χ2v) is 15.1. The molecular formula is C56H36N4. The third-order valence-corrected chi connectivity index (χ3v) is 11.3. The Morgan fingerprint density at radius 1 is 0.217 bits per heavy atom. The van der Waals surface area contributed by atoms with E-state index < -0.39 is 0 Å². The highest BCUT2D eigenvalue weighted by Crippen LogP contribution is 2.37. The van der Waals surface area contributed by atoms with Crippen molar-refractivity contribution in [3.05, 3.63) is 218 Å². The minimum atomic E-state index is 0.633. The highest BCUT2D eigenvalue weighted by Gasteiger charge is 2.15. The molecule has 4 nitrogen and oxygen atoms in total. The van der Waals surface area contributed by atoms with Crippen molar-refractivity contribution in [2.45, 2.75) is 0 Å². The van der Waals surface area contributed by atoms with E-state index in [-0.39, 0.29) is 0 Å². The largest absolute Gasteiger partial charge is 0.247 e. The lowest BCUT2D eigenvalue weighted by Gasteiger charge is -2.12. The molecule has 4 heteroatoms. The van der Waals surface area contributed by atoms with Gasteiger partial charge in [-0.2, -0.15) is 0 Å². The van der Waals surface area contributed by atoms with E-state index in [1.807, 2.05) is 36.4 Å². The van der Waals surface area contributed by atoms with Crippen molar-refractivity contribution < 1.29 is 0 Å². The number of pyridine rings is 1. The van der Waals surface area contributed by atoms with Crippen LogP contribution in [-0.2, 0) is 0 Å². The molecule has 11 rings (SSSR count). The Balaban J connectivity index is 0.901. The zero-order valence-electron chi connectivity index (χ0n) is 32.6. The summed E-state index contributed by atoms with van der Waals surface area (Å²) in [6, 6.07) is 76.5. The van der Waals surface area contributed by atoms with Gasteiger partial charge in [0.15, 0.2) is 17.5 Å². The number of benzene rings is 9. The molecule has 0 aliphatic rings. The quantitative estimate of drug-likeness (QED) is 0.120. The fraction of sp³-hybridized carbons (Fsp3) is 0. The van der Waals surface area contributed by atoms with Crippen molar-refractivity contribution >= 4 is 32.4 Å². The predicted octanol–water partition coefficient (Wildman–Crippen LogP) is 14.4. The van der Waals surface area contributed by atoms with E-state index in [1.165, 1.54) is 27.1 Å². The molecule has 0 unspecified atom stereocenters. The molecule has 0 fully saturated rings. The predicted molar refractivity (Wildman–Crippen MR) is 248 cm³/mol. The molecule has 0 radical (unpaired) electrons. The van der Waals surface area contributed by atoms with Gasteiger partial charge in [0.2, 0.25) is 0 Å². The number of para-hydroxylation sites is 1. The number of hydrogen-bond acceptors (Lipinski definition) is 4. The van der Waals surface area contributed by atoms with Gasteiger partial charge < -0.3 is 0 Å². The molecule has 0 aliphatic carbocycles. The first-order valence-corrected chi connectivity index (χ1v) is 20.2. The number of fused-ring (bicyclic) bond motifs is 4. The summed E-state index contributed by atoms with van der Waals surface area (Å²) in [5.41, 5.74) is 12.8. The lowest BCUT2D eigenvalue weighted by molar-refractivity contribution is 1.07. The molecule has 0 aliphatic heterocycles. The van der Waals surface area contributed by atoms with Crippen molar-refractivity contribution in [1.82, 2.24) is 19.9 Å². The van der Waals surface area contributed by atoms with Gasteiger partial charge in [0.05, 0.1) is 11.2 Å². The van der Waals surface area contributed by atoms with Gasteiger partial charge in [-0.1, -0.05) is 194 Å². The van der Waals surface area contributed by atoms with E-state index in [9.17, 15) is 0 Å². The Morgan fingerprint density at radius 2 is 0.600 bits per heavy atom. The van der Waals surface area contributed by atoms with Crippen LogP contribution in [-0.4, -0.2) is 19.9 Å². The maximum atomic E-state index is 5.21. The van der Waals surface area contributed by atoms with Crippen molar-refractivity contribution in [2.24, 2.45) is 0 Å². The van der Waals surface area contributed by atoms with Gasteiger partial charge in [-0.3, -0.25) is 0 Å². The third kappa shape index (κ3) is 6.66. The first-order valence-electron chi connectivity index (χ1n) is 20.2. The van der Waals surface area contributed by atoms with E-state index in [1.54, 1.807) is 0 Å². The summed E-state index contributed by atoms with van der Waals surface area (Å²) in [5.74, 6) is 1.91. The maximum Gasteiger partial charge on any atom is 0.164 e. The lowest BCUT2D eigenvalue weighted by Crippen LogP contribution is -2.00. The molecule has 0 atom stereocenters. The Labute approximate surface area is 348 Å². The van der Waals surface area contributed by atoms with Crippen LogP contribution in [0.15, 0.2) is 218 Å². The molecule has 2 heterocycles. The topological polar surface area (TPSA) is 51.6 Å². The summed E-state index contributed by atoms with van der Waals surface area (Å²) >= 11 is 0. The van der Waals surface area contributed by atoms with Gasteiger partial charge in [0.1, 0.15) is 0 Å². The van der Waals surface area contributed by atoms with Crippen LogP contribution in [0.4, 0.5) is 0 Å². The second-order valence-electron chi connectivity index (χ2n) is 15.1. The standard InChI is InChI=1S/C56H36N4/c1-3-12-37(13-4-1)38-24-30-43(31-25-38)55-58-54(42-14-5-2-6-15-42)59-56(60-55)44-32-26-40(27-33-44)46-19-11-18-45(34-46)39-22-28-41(29-23-39)53-51-36-48-17-8-7-16-47(48)35-50(51)49-20-9-10-21-52(49)57-53/h1-36H. The Kier molecular flexibility index (Phi) is 8.79. The normalized spacial score (nSPS) is 11.3. The molecule has 0 bridgehead atoms. The van der Waals surface area contributed by atoms with Crippen LogP contribution in [0.2, 0.25) is 0 Å². The third-order valence-electron chi connectivity index (χ3n) is 11.3. The van der Waals surface area contributed by atoms with Crippen molar-refractivity contribution in [1.29, 1.82) is 0 Å². The van der Waals surface area contributed by atoms with Crippen LogP contribution in [0.1, 0.15) is 0 Å². The summed E-state index contributed by atoms with van der Waals surface area (Å²) in [6.07, 6.45) is 0. The summed E-state index contributed by atoms with van der Waals surface area (Å²) in [6.45, 7) is 0. The molecule has 11 aromatic rings. The van der Waals surface area contributed by atoms with E-state index in [2.05, 4.69) is 182 Å². The van der Waals surface area contributed by atoms with Gasteiger partial charge in [0.25, 0.3) is 0 Å². The Bertz CT molecular complexity index is 3330. The minimum Gasteiger partial charge on any atom is -0.247 e. The zero-order chi connectivity index (χ0) is 39.8. The van der Waals surface area contributed by atoms with E-state index in [4.69, 9.17) is 19.9 Å². The highest BCUT2D eigenvalue weighted by atomic mass is 15.0. The second kappa shape index (κ2) is 15.0. The molecule has 0 amide bonds. The van der Waals surface area contributed by atoms with Crippen molar-refractivity contribution in [2.75, 3.05) is 0 Å². The van der Waals surface area contributed by atoms with E-state index >= 15 is 0 Å². The summed E-state index contributed by atoms with van der Waals surface area (Å²) in [7, 11) is 0. The van der Waals surface area contributed by atoms with Crippen molar-refractivity contribution in [3.8, 4) is 78.8 Å². The lowest BCUT2D eigenvalue weighted by atomic mass is 9.95. The summed E-state index contributed by atoms with van der Waals surface area (Å²) < 4.78 is 0. The number of nitrogens with zero attached hydrogens (tertiary/aromatic N) is 4. The van der Waals surface area contributed by atoms with Gasteiger partial charge in [0, 0.05) is 33.0 Å². The van der Waals surface area contributed by atoms with Crippen LogP contribution in [0.3, 0.4) is 0 Å². The van der Waals surface area contributed by atoms with Crippen LogP contribution < -0.4 is 0 Å². The SMILES string of the molecule is c1ccc(-c2ccc(-c3nc(-c4ccccc4)nc(-c4ccc(-c5cccc(-c6ccc(-c7nc8ccccc8c8cc9ccccc9cc78)cc6)c5)cc4)n3)cc2)cc1. The zero-order valence-corrected chi connectivity index (χ0v) is 32.6. The molecule has 60 heavy (non-hydrogen) atoms. The van der Waals surface area contributed by atoms with Crippen LogP contribution in [0, 0.1) is 0 Å². The molecule has 0 saturated heterocycles. The number of hydrogen-bond donors (Lipinski definition) is 0. The van der Waals surface area contributed by atoms with Gasteiger partial charge in [-0.15, -0.1) is 0 Å². The Morgan fingerprint density at radius 3 is 1.17 bits per heavy atom. The molecule has 9 aromatic carbocycles. The average molecular weight is 765 g/mol. The Hall–Kier alpha value is -8.08. The molecular weight excluding hydrogens is 729 g/mol. The average Bonchev–Trinajstić information content (AvgIpc) is 3.34. The van der Waals surface area contributed by atoms with Gasteiger partial charge in [-0.25, -0.2) is 19.9 Å². The molecule has 280 valence electrons. The number of rotatable bonds is 7. The molecule has 0 saturated carbocycles. The van der Waals surface area contributed by atoms with Crippen LogP contribution in [0.5, 0.6) is 0 Å². The monoisotopic (exact) mass is 764 g/mol. The van der Waals surface area contributed by atoms with Crippen molar-refractivity contribution in [3.63, 3.8) is 0 Å². The maximum absolute atomic E-state index is 5.21. The van der Waals surface area contributed by atoms with Crippen LogP contribution in [0.25, 0.3) is 111 Å². The molecule has 2 aromatic heterocycles. The fourth-order valence-electron chi connectivity index (χ4n) is 8.16. The van der Waals surface area contributed by atoms with Crippen LogP contribution >= 0.6 is 0 Å².